The normalized spacial score (nSPS) is 11.2. The quantitative estimate of drug-likeness (QED) is 0.435. The van der Waals surface area contributed by atoms with Crippen molar-refractivity contribution < 1.29 is 0 Å². The fourth-order valence-corrected chi connectivity index (χ4v) is 1.68. The highest BCUT2D eigenvalue weighted by Gasteiger charge is 2.03. The van der Waals surface area contributed by atoms with Crippen LogP contribution in [-0.4, -0.2) is 16.5 Å². The third-order valence-electron chi connectivity index (χ3n) is 2.57. The number of H-pyrrole nitrogens is 1. The van der Waals surface area contributed by atoms with Crippen LogP contribution in [0.25, 0.3) is 10.9 Å². The van der Waals surface area contributed by atoms with Crippen molar-refractivity contribution >= 4 is 22.5 Å². The number of aromatic amines is 1. The average Bonchev–Trinajstić information content (AvgIpc) is 2.36. The number of nitrogen functional groups attached to an aromatic ring is 1. The summed E-state index contributed by atoms with van der Waals surface area (Å²) in [5.74, 6) is 0.488. The van der Waals surface area contributed by atoms with Gasteiger partial charge in [-0.3, -0.25) is 9.78 Å². The summed E-state index contributed by atoms with van der Waals surface area (Å²) < 4.78 is 0. The zero-order valence-electron chi connectivity index (χ0n) is 10.2. The molecule has 0 atom stereocenters. The monoisotopic (exact) mass is 244 g/mol. The van der Waals surface area contributed by atoms with Crippen molar-refractivity contribution in [3.63, 3.8) is 0 Å². The highest BCUT2D eigenvalue weighted by Crippen LogP contribution is 2.12. The molecule has 0 bridgehead atoms. The third-order valence-corrected chi connectivity index (χ3v) is 2.57. The molecule has 0 saturated carbocycles. The maximum absolute atomic E-state index is 11.8. The lowest BCUT2D eigenvalue weighted by Crippen LogP contribution is -2.14. The summed E-state index contributed by atoms with van der Waals surface area (Å²) in [6.45, 7) is 2.70. The summed E-state index contributed by atoms with van der Waals surface area (Å²) in [5.41, 5.74) is 6.66. The summed E-state index contributed by atoms with van der Waals surface area (Å²) >= 11 is 0. The highest BCUT2D eigenvalue weighted by molar-refractivity contribution is 5.81. The van der Waals surface area contributed by atoms with Crippen molar-refractivity contribution in [1.29, 1.82) is 0 Å². The van der Waals surface area contributed by atoms with Crippen molar-refractivity contribution in [3.05, 3.63) is 40.7 Å². The molecule has 0 fully saturated rings. The summed E-state index contributed by atoms with van der Waals surface area (Å²) in [6.07, 6.45) is 4.92. The third kappa shape index (κ3) is 2.68. The number of nitrogens with two attached hydrogens (primary N) is 1. The fourth-order valence-electron chi connectivity index (χ4n) is 1.68. The van der Waals surface area contributed by atoms with Crippen LogP contribution >= 0.6 is 0 Å². The van der Waals surface area contributed by atoms with Gasteiger partial charge in [0.1, 0.15) is 0 Å². The highest BCUT2D eigenvalue weighted by atomic mass is 16.1. The van der Waals surface area contributed by atoms with Gasteiger partial charge in [-0.2, -0.15) is 0 Å². The summed E-state index contributed by atoms with van der Waals surface area (Å²) in [7, 11) is 0. The molecule has 1 aromatic heterocycles. The van der Waals surface area contributed by atoms with Crippen LogP contribution in [0.2, 0.25) is 0 Å². The molecular formula is C13H16N4O. The van der Waals surface area contributed by atoms with E-state index >= 15 is 0 Å². The minimum absolute atomic E-state index is 0.180. The topological polar surface area (TPSA) is 83.8 Å². The number of hydrogen-bond acceptors (Lipinski definition) is 4. The van der Waals surface area contributed by atoms with Gasteiger partial charge in [-0.05, 0) is 31.5 Å². The second-order valence-corrected chi connectivity index (χ2v) is 3.98. The van der Waals surface area contributed by atoms with Crippen LogP contribution in [-0.2, 0) is 0 Å². The van der Waals surface area contributed by atoms with E-state index in [4.69, 9.17) is 5.73 Å². The minimum atomic E-state index is -0.180. The maximum atomic E-state index is 11.8. The number of nitrogens with zero attached hydrogens (tertiary/aromatic N) is 1. The lowest BCUT2D eigenvalue weighted by Gasteiger charge is -2.05. The van der Waals surface area contributed by atoms with Crippen LogP contribution < -0.4 is 16.6 Å². The second-order valence-electron chi connectivity index (χ2n) is 3.98. The van der Waals surface area contributed by atoms with Crippen LogP contribution in [0.4, 0.5) is 11.6 Å². The van der Waals surface area contributed by atoms with E-state index in [-0.39, 0.29) is 5.56 Å². The number of allylic oxidation sites excluding steroid dienone is 1. The van der Waals surface area contributed by atoms with Crippen molar-refractivity contribution in [3.8, 4) is 0 Å². The van der Waals surface area contributed by atoms with E-state index in [9.17, 15) is 4.79 Å². The predicted octanol–water partition coefficient (Wildman–Crippen LogP) is 1.88. The Kier molecular flexibility index (Phi) is 3.62. The largest absolute Gasteiger partial charge is 0.399 e. The molecule has 0 saturated heterocycles. The van der Waals surface area contributed by atoms with Crippen molar-refractivity contribution in [2.24, 2.45) is 0 Å². The molecule has 94 valence electrons. The van der Waals surface area contributed by atoms with E-state index in [2.05, 4.69) is 15.3 Å². The lowest BCUT2D eigenvalue weighted by atomic mass is 10.2. The SMILES string of the molecule is C/C=C/CCNc1nc2ccc(N)cc2c(=O)[nH]1. The Labute approximate surface area is 105 Å². The first-order valence-corrected chi connectivity index (χ1v) is 5.85. The minimum Gasteiger partial charge on any atom is -0.399 e. The van der Waals surface area contributed by atoms with Crippen molar-refractivity contribution in [2.45, 2.75) is 13.3 Å². The molecule has 5 nitrogen and oxygen atoms in total. The van der Waals surface area contributed by atoms with Gasteiger partial charge < -0.3 is 11.1 Å². The second kappa shape index (κ2) is 5.35. The van der Waals surface area contributed by atoms with Gasteiger partial charge in [0.15, 0.2) is 0 Å². The standard InChI is InChI=1S/C13H16N4O/c1-2-3-4-7-15-13-16-11-6-5-9(14)8-10(11)12(18)17-13/h2-3,5-6,8H,4,7,14H2,1H3,(H2,15,16,17,18)/b3-2+. The van der Waals surface area contributed by atoms with Gasteiger partial charge in [0.2, 0.25) is 5.95 Å². The van der Waals surface area contributed by atoms with E-state index in [1.807, 2.05) is 19.1 Å². The molecule has 1 aromatic carbocycles. The Balaban J connectivity index is 2.26. The number of rotatable bonds is 4. The first-order chi connectivity index (χ1) is 8.70. The Morgan fingerprint density at radius 1 is 1.50 bits per heavy atom. The zero-order chi connectivity index (χ0) is 13.0. The van der Waals surface area contributed by atoms with Gasteiger partial charge in [0.25, 0.3) is 5.56 Å². The summed E-state index contributed by atoms with van der Waals surface area (Å²) in [4.78, 5) is 18.9. The number of anilines is 2. The first-order valence-electron chi connectivity index (χ1n) is 5.85. The number of fused-ring (bicyclic) bond motifs is 1. The summed E-state index contributed by atoms with van der Waals surface area (Å²) in [6, 6.07) is 5.11. The fraction of sp³-hybridized carbons (Fsp3) is 0.231. The van der Waals surface area contributed by atoms with E-state index in [1.165, 1.54) is 0 Å². The van der Waals surface area contributed by atoms with E-state index in [1.54, 1.807) is 18.2 Å². The molecular weight excluding hydrogens is 228 g/mol. The zero-order valence-corrected chi connectivity index (χ0v) is 10.2. The molecule has 0 aliphatic carbocycles. The molecule has 4 N–H and O–H groups in total. The maximum Gasteiger partial charge on any atom is 0.260 e. The lowest BCUT2D eigenvalue weighted by molar-refractivity contribution is 1.02. The Morgan fingerprint density at radius 2 is 2.33 bits per heavy atom. The van der Waals surface area contributed by atoms with Crippen LogP contribution in [0.1, 0.15) is 13.3 Å². The van der Waals surface area contributed by atoms with Gasteiger partial charge in [0, 0.05) is 12.2 Å². The number of hydrogen-bond donors (Lipinski definition) is 3. The van der Waals surface area contributed by atoms with Crippen molar-refractivity contribution in [1.82, 2.24) is 9.97 Å². The Bertz CT molecular complexity index is 630. The molecule has 0 amide bonds. The number of aromatic nitrogens is 2. The Morgan fingerprint density at radius 3 is 3.11 bits per heavy atom. The summed E-state index contributed by atoms with van der Waals surface area (Å²) in [5, 5.41) is 3.59. The van der Waals surface area contributed by atoms with E-state index in [0.29, 0.717) is 22.5 Å². The molecule has 0 spiro atoms. The molecule has 0 unspecified atom stereocenters. The van der Waals surface area contributed by atoms with Gasteiger partial charge in [0.05, 0.1) is 10.9 Å². The molecule has 0 radical (unpaired) electrons. The number of benzene rings is 1. The van der Waals surface area contributed by atoms with E-state index in [0.717, 1.165) is 13.0 Å². The molecule has 18 heavy (non-hydrogen) atoms. The molecule has 1 heterocycles. The molecule has 0 aliphatic heterocycles. The van der Waals surface area contributed by atoms with Crippen LogP contribution in [0.15, 0.2) is 35.1 Å². The van der Waals surface area contributed by atoms with E-state index < -0.39 is 0 Å². The first kappa shape index (κ1) is 12.2. The van der Waals surface area contributed by atoms with Crippen LogP contribution in [0, 0.1) is 0 Å². The smallest absolute Gasteiger partial charge is 0.260 e. The average molecular weight is 244 g/mol. The predicted molar refractivity (Wildman–Crippen MR) is 74.7 cm³/mol. The molecule has 0 aliphatic rings. The van der Waals surface area contributed by atoms with Gasteiger partial charge >= 0.3 is 0 Å². The van der Waals surface area contributed by atoms with Gasteiger partial charge in [-0.1, -0.05) is 12.2 Å². The van der Waals surface area contributed by atoms with Crippen molar-refractivity contribution in [2.75, 3.05) is 17.6 Å². The van der Waals surface area contributed by atoms with Gasteiger partial charge in [-0.25, -0.2) is 4.98 Å². The van der Waals surface area contributed by atoms with Crippen LogP contribution in [0.5, 0.6) is 0 Å². The number of nitrogens with one attached hydrogen (secondary N) is 2. The van der Waals surface area contributed by atoms with Crippen LogP contribution in [0.3, 0.4) is 0 Å². The molecule has 5 heteroatoms. The molecule has 2 aromatic rings. The molecule has 2 rings (SSSR count). The van der Waals surface area contributed by atoms with Gasteiger partial charge in [-0.15, -0.1) is 0 Å². The Hall–Kier alpha value is -2.30.